The van der Waals surface area contributed by atoms with Crippen LogP contribution >= 0.6 is 0 Å². The van der Waals surface area contributed by atoms with Gasteiger partial charge in [-0.15, -0.1) is 0 Å². The van der Waals surface area contributed by atoms with Crippen molar-refractivity contribution in [3.63, 3.8) is 0 Å². The Morgan fingerprint density at radius 3 is 2.23 bits per heavy atom. The molecule has 0 spiro atoms. The molecule has 2 unspecified atom stereocenters. The number of esters is 1. The molecule has 1 aromatic rings. The molecule has 22 heavy (non-hydrogen) atoms. The van der Waals surface area contributed by atoms with Crippen LogP contribution in [0.1, 0.15) is 39.3 Å². The fourth-order valence-electron chi connectivity index (χ4n) is 3.01. The molecule has 0 saturated heterocycles. The van der Waals surface area contributed by atoms with Gasteiger partial charge in [0.1, 0.15) is 6.04 Å². The highest BCUT2D eigenvalue weighted by molar-refractivity contribution is 5.86. The molecule has 3 nitrogen and oxygen atoms in total. The second-order valence-corrected chi connectivity index (χ2v) is 5.61. The third kappa shape index (κ3) is 3.66. The zero-order chi connectivity index (χ0) is 16.8. The summed E-state index contributed by atoms with van der Waals surface area (Å²) in [5.41, 5.74) is 1.60. The van der Waals surface area contributed by atoms with Crippen molar-refractivity contribution < 1.29 is 14.0 Å². The highest BCUT2D eigenvalue weighted by Crippen LogP contribution is 2.33. The number of rotatable bonds is 8. The van der Waals surface area contributed by atoms with Crippen LogP contribution < -0.4 is 0 Å². The molecule has 0 radical (unpaired) electrons. The first-order valence-electron chi connectivity index (χ1n) is 7.83. The van der Waals surface area contributed by atoms with Gasteiger partial charge in [-0.3, -0.25) is 4.48 Å². The van der Waals surface area contributed by atoms with Gasteiger partial charge >= 0.3 is 5.97 Å². The lowest BCUT2D eigenvalue weighted by atomic mass is 10.0. The third-order valence-electron chi connectivity index (χ3n) is 4.45. The fourth-order valence-corrected chi connectivity index (χ4v) is 3.01. The maximum absolute atomic E-state index is 11.9. The Balaban J connectivity index is 3.20. The number of hydrogen-bond acceptors (Lipinski definition) is 2. The van der Waals surface area contributed by atoms with Gasteiger partial charge in [0.05, 0.1) is 13.1 Å². The summed E-state index contributed by atoms with van der Waals surface area (Å²) in [6.07, 6.45) is 1.68. The minimum atomic E-state index is -0.340. The normalized spacial score (nSPS) is 14.0. The number of hydrogen-bond donors (Lipinski definition) is 0. The lowest BCUT2D eigenvalue weighted by Crippen LogP contribution is -2.57. The number of likely N-dealkylation sites (N-methyl/N-ethyl adjacent to an activating group) is 1. The summed E-state index contributed by atoms with van der Waals surface area (Å²) < 4.78 is 6.27. The second-order valence-electron chi connectivity index (χ2n) is 5.61. The van der Waals surface area contributed by atoms with Crippen LogP contribution in [0, 0.1) is 0 Å². The van der Waals surface area contributed by atoms with Crippen LogP contribution in [0.5, 0.6) is 0 Å². The smallest absolute Gasteiger partial charge is 0.337 e. The quantitative estimate of drug-likeness (QED) is 0.236. The van der Waals surface area contributed by atoms with Crippen molar-refractivity contribution >= 4 is 5.97 Å². The number of benzene rings is 1. The van der Waals surface area contributed by atoms with Gasteiger partial charge in [0, 0.05) is 18.1 Å². The van der Waals surface area contributed by atoms with Crippen molar-refractivity contribution in [1.29, 1.82) is 0 Å². The summed E-state index contributed by atoms with van der Waals surface area (Å²) in [5, 5.41) is 0. The van der Waals surface area contributed by atoms with Gasteiger partial charge in [-0.2, -0.15) is 0 Å². The number of ether oxygens (including phenoxy) is 1. The number of quaternary nitrogens is 1. The van der Waals surface area contributed by atoms with Crippen molar-refractivity contribution in [2.75, 3.05) is 13.1 Å². The van der Waals surface area contributed by atoms with E-state index in [0.29, 0.717) is 10.1 Å². The van der Waals surface area contributed by atoms with E-state index in [1.807, 2.05) is 31.2 Å². The molecule has 0 amide bonds. The summed E-state index contributed by atoms with van der Waals surface area (Å²) >= 11 is 0. The molecule has 0 aromatic heterocycles. The predicted molar refractivity (Wildman–Crippen MR) is 91.1 cm³/mol. The van der Waals surface area contributed by atoms with Gasteiger partial charge in [0.2, 0.25) is 6.23 Å². The van der Waals surface area contributed by atoms with Crippen molar-refractivity contribution in [3.05, 3.63) is 60.7 Å². The molecule has 0 N–H and O–H groups in total. The molecule has 0 bridgehead atoms. The zero-order valence-electron chi connectivity index (χ0n) is 14.2. The second kappa shape index (κ2) is 7.95. The largest absolute Gasteiger partial charge is 0.409 e. The zero-order valence-corrected chi connectivity index (χ0v) is 14.2. The Morgan fingerprint density at radius 2 is 1.82 bits per heavy atom. The molecule has 120 valence electrons. The monoisotopic (exact) mass is 302 g/mol. The first-order valence-corrected chi connectivity index (χ1v) is 7.83. The summed E-state index contributed by atoms with van der Waals surface area (Å²) in [6.45, 7) is 17.2. The van der Waals surface area contributed by atoms with Crippen LogP contribution in [0.2, 0.25) is 0 Å². The number of carbonyl (C=O) groups is 1. The van der Waals surface area contributed by atoms with Gasteiger partial charge in [-0.1, -0.05) is 43.5 Å². The summed E-state index contributed by atoms with van der Waals surface area (Å²) in [6, 6.07) is 10.3. The first-order chi connectivity index (χ1) is 10.4. The minimum Gasteiger partial charge on any atom is -0.409 e. The summed E-state index contributed by atoms with van der Waals surface area (Å²) in [5.74, 6) is -0.340. The van der Waals surface area contributed by atoms with E-state index in [9.17, 15) is 4.79 Å². The molecule has 0 saturated carbocycles. The Labute approximate surface area is 134 Å². The van der Waals surface area contributed by atoms with Crippen molar-refractivity contribution in [2.45, 2.75) is 40.0 Å². The third-order valence-corrected chi connectivity index (χ3v) is 4.45. The van der Waals surface area contributed by atoms with Gasteiger partial charge in [0.25, 0.3) is 0 Å². The summed E-state index contributed by atoms with van der Waals surface area (Å²) in [7, 11) is 0. The topological polar surface area (TPSA) is 26.3 Å². The maximum atomic E-state index is 11.9. The average Bonchev–Trinajstić information content (AvgIpc) is 2.53. The van der Waals surface area contributed by atoms with Gasteiger partial charge < -0.3 is 4.74 Å². The number of nitrogens with zero attached hydrogens (tertiary/aromatic N) is 1. The van der Waals surface area contributed by atoms with Crippen molar-refractivity contribution in [1.82, 2.24) is 0 Å². The van der Waals surface area contributed by atoms with Crippen LogP contribution in [0.3, 0.4) is 0 Å². The molecule has 0 aliphatic carbocycles. The molecule has 1 aromatic carbocycles. The highest BCUT2D eigenvalue weighted by Gasteiger charge is 2.40. The molecule has 1 rings (SSSR count). The SMILES string of the molecule is C=CC(c1ccccc1)[N+](CC)(CC)C(C)OC(=O)C(=C)C. The molecule has 0 heterocycles. The van der Waals surface area contributed by atoms with Gasteiger partial charge in [-0.05, 0) is 26.8 Å². The van der Waals surface area contributed by atoms with E-state index >= 15 is 0 Å². The fraction of sp³-hybridized carbons (Fsp3) is 0.421. The van der Waals surface area contributed by atoms with Crippen molar-refractivity contribution in [2.24, 2.45) is 0 Å². The number of carbonyl (C=O) groups excluding carboxylic acids is 1. The molecule has 2 atom stereocenters. The standard InChI is InChI=1S/C19H28NO2/c1-7-18(17-13-11-10-12-14-17)20(8-2,9-3)16(6)22-19(21)15(4)5/h7,10-14,16,18H,1,4,8-9H2,2-3,5-6H3/q+1. The van der Waals surface area contributed by atoms with E-state index in [2.05, 4.69) is 39.1 Å². The Bertz CT molecular complexity index is 517. The van der Waals surface area contributed by atoms with E-state index in [-0.39, 0.29) is 18.2 Å². The minimum absolute atomic E-state index is 0.0733. The lowest BCUT2D eigenvalue weighted by molar-refractivity contribution is -0.985. The predicted octanol–water partition coefficient (Wildman–Crippen LogP) is 4.24. The Kier molecular flexibility index (Phi) is 6.57. The van der Waals surface area contributed by atoms with E-state index in [4.69, 9.17) is 4.74 Å². The molecule has 3 heteroatoms. The lowest BCUT2D eigenvalue weighted by Gasteiger charge is -2.46. The van der Waals surface area contributed by atoms with E-state index in [0.717, 1.165) is 13.1 Å². The first kappa shape index (κ1) is 18.2. The molecule has 0 aliphatic rings. The van der Waals surface area contributed by atoms with Crippen LogP contribution in [0.15, 0.2) is 55.1 Å². The highest BCUT2D eigenvalue weighted by atomic mass is 16.6. The van der Waals surface area contributed by atoms with Crippen molar-refractivity contribution in [3.8, 4) is 0 Å². The molecule has 0 fully saturated rings. The van der Waals surface area contributed by atoms with E-state index < -0.39 is 0 Å². The van der Waals surface area contributed by atoms with Crippen LogP contribution in [-0.2, 0) is 9.53 Å². The van der Waals surface area contributed by atoms with E-state index in [1.54, 1.807) is 6.92 Å². The Morgan fingerprint density at radius 1 is 1.27 bits per heavy atom. The Hall–Kier alpha value is -1.87. The molecular weight excluding hydrogens is 274 g/mol. The average molecular weight is 302 g/mol. The molecular formula is C19H28NO2+. The van der Waals surface area contributed by atoms with Gasteiger partial charge in [0.15, 0.2) is 0 Å². The molecule has 0 aliphatic heterocycles. The van der Waals surface area contributed by atoms with Crippen LogP contribution in [0.4, 0.5) is 0 Å². The van der Waals surface area contributed by atoms with E-state index in [1.165, 1.54) is 5.56 Å². The van der Waals surface area contributed by atoms with Gasteiger partial charge in [-0.25, -0.2) is 4.79 Å². The maximum Gasteiger partial charge on any atom is 0.337 e. The van der Waals surface area contributed by atoms with Crippen LogP contribution in [0.25, 0.3) is 0 Å². The summed E-state index contributed by atoms with van der Waals surface area (Å²) in [4.78, 5) is 11.9. The van der Waals surface area contributed by atoms with Crippen LogP contribution in [-0.4, -0.2) is 29.8 Å².